The fourth-order valence-corrected chi connectivity index (χ4v) is 0.201. The van der Waals surface area contributed by atoms with Crippen molar-refractivity contribution in [1.29, 1.82) is 0 Å². The zero-order chi connectivity index (χ0) is 4.83. The largest absolute Gasteiger partial charge is 0.379 e. The third kappa shape index (κ3) is 3.96. The van der Waals surface area contributed by atoms with Crippen molar-refractivity contribution in [3.63, 3.8) is 0 Å². The van der Waals surface area contributed by atoms with Crippen LogP contribution in [-0.2, 0) is 4.74 Å². The van der Waals surface area contributed by atoms with Gasteiger partial charge in [-0.05, 0) is 6.42 Å². The van der Waals surface area contributed by atoms with E-state index in [0.29, 0.717) is 6.61 Å². The number of ether oxygens (including phenoxy) is 1. The first-order chi connectivity index (χ1) is 2.91. The van der Waals surface area contributed by atoms with Crippen molar-refractivity contribution in [3.8, 4) is 0 Å². The Morgan fingerprint density at radius 2 is 2.50 bits per heavy atom. The van der Waals surface area contributed by atoms with Crippen molar-refractivity contribution in [2.45, 2.75) is 13.3 Å². The van der Waals surface area contributed by atoms with Gasteiger partial charge >= 0.3 is 0 Å². The fourth-order valence-electron chi connectivity index (χ4n) is 0.201. The van der Waals surface area contributed by atoms with Gasteiger partial charge in [-0.15, -0.1) is 0 Å². The predicted octanol–water partition coefficient (Wildman–Crippen LogP) is 1.41. The van der Waals surface area contributed by atoms with Gasteiger partial charge in [-0.3, -0.25) is 0 Å². The molecule has 0 fully saturated rings. The molecule has 0 rings (SSSR count). The van der Waals surface area contributed by atoms with Gasteiger partial charge in [0.1, 0.15) is 0 Å². The van der Waals surface area contributed by atoms with E-state index in [-0.39, 0.29) is 0 Å². The quantitative estimate of drug-likeness (QED) is 0.472. The van der Waals surface area contributed by atoms with Gasteiger partial charge in [0.05, 0.1) is 7.11 Å². The highest BCUT2D eigenvalue weighted by molar-refractivity contribution is 4.57. The van der Waals surface area contributed by atoms with Crippen LogP contribution < -0.4 is 0 Å². The average Bonchev–Trinajstić information content (AvgIpc) is 1.61. The predicted molar refractivity (Wildman–Crippen MR) is 25.9 cm³/mol. The summed E-state index contributed by atoms with van der Waals surface area (Å²) in [6, 6.07) is 0. The summed E-state index contributed by atoms with van der Waals surface area (Å²) in [5.74, 6) is 0. The van der Waals surface area contributed by atoms with Crippen LogP contribution in [0.3, 0.4) is 0 Å². The molecule has 6 heavy (non-hydrogen) atoms. The summed E-state index contributed by atoms with van der Waals surface area (Å²) in [7, 11) is 3.19. The van der Waals surface area contributed by atoms with E-state index in [4.69, 9.17) is 0 Å². The zero-order valence-electron chi connectivity index (χ0n) is 4.11. The highest BCUT2D eigenvalue weighted by Gasteiger charge is 1.75. The lowest BCUT2D eigenvalue weighted by atomic mass is 10.4. The maximum Gasteiger partial charge on any atom is 0.0700 e. The number of hydrogen-bond acceptors (Lipinski definition) is 1. The van der Waals surface area contributed by atoms with E-state index in [1.807, 2.05) is 6.42 Å². The van der Waals surface area contributed by atoms with Gasteiger partial charge < -0.3 is 4.74 Å². The minimum absolute atomic E-state index is 0.677. The Morgan fingerprint density at radius 3 is 2.67 bits per heavy atom. The van der Waals surface area contributed by atoms with Gasteiger partial charge in [0.2, 0.25) is 0 Å². The van der Waals surface area contributed by atoms with E-state index >= 15 is 0 Å². The lowest BCUT2D eigenvalue weighted by Crippen LogP contribution is -1.83. The van der Waals surface area contributed by atoms with Crippen LogP contribution in [0.2, 0.25) is 0 Å². The van der Waals surface area contributed by atoms with Gasteiger partial charge in [0.15, 0.2) is 0 Å². The van der Waals surface area contributed by atoms with Crippen molar-refractivity contribution < 1.29 is 4.74 Å². The highest BCUT2D eigenvalue weighted by Crippen LogP contribution is 1.82. The topological polar surface area (TPSA) is 9.23 Å². The van der Waals surface area contributed by atoms with E-state index < -0.39 is 0 Å². The molecule has 0 spiro atoms. The molecule has 0 aliphatic rings. The van der Waals surface area contributed by atoms with Crippen LogP contribution >= 0.6 is 0 Å². The molecule has 0 unspecified atom stereocenters. The SMILES string of the molecule is [CH2]OC[CH]CC. The van der Waals surface area contributed by atoms with Crippen molar-refractivity contribution in [2.24, 2.45) is 0 Å². The second-order valence-electron chi connectivity index (χ2n) is 1.07. The first kappa shape index (κ1) is 5.96. The molecular weight excluding hydrogens is 76.1 g/mol. The summed E-state index contributed by atoms with van der Waals surface area (Å²) in [4.78, 5) is 0. The Bertz CT molecular complexity index is 15.9. The Labute approximate surface area is 39.3 Å². The standard InChI is InChI=1S/C5H10O/c1-3-4-5-6-2/h4H,2-3,5H2,1H3. The molecule has 0 heterocycles. The molecule has 36 valence electrons. The molecule has 0 saturated heterocycles. The van der Waals surface area contributed by atoms with Crippen molar-refractivity contribution in [2.75, 3.05) is 6.61 Å². The smallest absolute Gasteiger partial charge is 0.0700 e. The third-order valence-electron chi connectivity index (χ3n) is 0.524. The van der Waals surface area contributed by atoms with Gasteiger partial charge in [-0.2, -0.15) is 0 Å². The fraction of sp³-hybridized carbons (Fsp3) is 0.600. The molecule has 0 aromatic carbocycles. The maximum absolute atomic E-state index is 4.48. The van der Waals surface area contributed by atoms with Crippen LogP contribution in [0.15, 0.2) is 0 Å². The summed E-state index contributed by atoms with van der Waals surface area (Å²) in [5.41, 5.74) is 0. The molecule has 0 N–H and O–H groups in total. The molecule has 2 radical (unpaired) electrons. The molecule has 1 nitrogen and oxygen atoms in total. The second kappa shape index (κ2) is 4.96. The lowest BCUT2D eigenvalue weighted by molar-refractivity contribution is 0.267. The van der Waals surface area contributed by atoms with Crippen molar-refractivity contribution >= 4 is 0 Å². The summed E-state index contributed by atoms with van der Waals surface area (Å²) < 4.78 is 4.48. The molecular formula is C5H10O. The summed E-state index contributed by atoms with van der Waals surface area (Å²) >= 11 is 0. The van der Waals surface area contributed by atoms with Gasteiger partial charge in [0, 0.05) is 6.61 Å². The molecule has 0 atom stereocenters. The normalized spacial score (nSPS) is 9.00. The Morgan fingerprint density at radius 1 is 1.83 bits per heavy atom. The summed E-state index contributed by atoms with van der Waals surface area (Å²) in [6.45, 7) is 2.75. The van der Waals surface area contributed by atoms with E-state index in [9.17, 15) is 0 Å². The number of hydrogen-bond donors (Lipinski definition) is 0. The highest BCUT2D eigenvalue weighted by atomic mass is 16.5. The van der Waals surface area contributed by atoms with Crippen molar-refractivity contribution in [1.82, 2.24) is 0 Å². The van der Waals surface area contributed by atoms with E-state index in [2.05, 4.69) is 18.8 Å². The average molecular weight is 86.1 g/mol. The van der Waals surface area contributed by atoms with Gasteiger partial charge in [-0.25, -0.2) is 0 Å². The molecule has 0 aliphatic carbocycles. The maximum atomic E-state index is 4.48. The van der Waals surface area contributed by atoms with Crippen LogP contribution in [-0.4, -0.2) is 6.61 Å². The van der Waals surface area contributed by atoms with Crippen LogP contribution in [0.25, 0.3) is 0 Å². The molecule has 0 aromatic heterocycles. The minimum Gasteiger partial charge on any atom is -0.379 e. The first-order valence-corrected chi connectivity index (χ1v) is 2.10. The Balaban J connectivity index is 2.34. The molecule has 0 aliphatic heterocycles. The van der Waals surface area contributed by atoms with E-state index in [1.54, 1.807) is 0 Å². The van der Waals surface area contributed by atoms with Gasteiger partial charge in [0.25, 0.3) is 0 Å². The molecule has 0 amide bonds. The zero-order valence-corrected chi connectivity index (χ0v) is 4.11. The first-order valence-electron chi connectivity index (χ1n) is 2.10. The Hall–Kier alpha value is -0.0400. The molecule has 1 heteroatoms. The van der Waals surface area contributed by atoms with Crippen LogP contribution in [0.5, 0.6) is 0 Å². The van der Waals surface area contributed by atoms with Crippen LogP contribution in [0.4, 0.5) is 0 Å². The Kier molecular flexibility index (Phi) is 4.93. The summed E-state index contributed by atoms with van der Waals surface area (Å²) in [5, 5.41) is 0. The van der Waals surface area contributed by atoms with E-state index in [1.165, 1.54) is 0 Å². The minimum atomic E-state index is 0.677. The van der Waals surface area contributed by atoms with Crippen LogP contribution in [0, 0.1) is 13.5 Å². The monoisotopic (exact) mass is 86.1 g/mol. The number of rotatable bonds is 3. The summed E-state index contributed by atoms with van der Waals surface area (Å²) in [6.07, 6.45) is 3.09. The lowest BCUT2D eigenvalue weighted by Gasteiger charge is -1.88. The third-order valence-corrected chi connectivity index (χ3v) is 0.524. The van der Waals surface area contributed by atoms with Crippen LogP contribution in [0.1, 0.15) is 13.3 Å². The van der Waals surface area contributed by atoms with E-state index in [0.717, 1.165) is 6.42 Å². The molecule has 0 aromatic rings. The van der Waals surface area contributed by atoms with Crippen molar-refractivity contribution in [3.05, 3.63) is 13.5 Å². The number of unbranched alkanes of at least 4 members (excludes halogenated alkanes) is 1. The second-order valence-corrected chi connectivity index (χ2v) is 1.07. The van der Waals surface area contributed by atoms with Gasteiger partial charge in [-0.1, -0.05) is 13.3 Å². The molecule has 0 saturated carbocycles. The molecule has 0 bridgehead atoms.